The molecule has 1 amide bonds. The van der Waals surface area contributed by atoms with Gasteiger partial charge in [0, 0.05) is 72.5 Å². The second-order valence-corrected chi connectivity index (χ2v) is 21.7. The first-order chi connectivity index (χ1) is 34.0. The second-order valence-electron chi connectivity index (χ2n) is 18.5. The normalized spacial score (nSPS) is 14.9. The van der Waals surface area contributed by atoms with Crippen molar-refractivity contribution in [3.63, 3.8) is 0 Å². The number of rotatable bonds is 24. The fourth-order valence-electron chi connectivity index (χ4n) is 9.85. The van der Waals surface area contributed by atoms with Crippen LogP contribution in [0.15, 0.2) is 111 Å². The number of carbonyl (C=O) groups is 1. The van der Waals surface area contributed by atoms with Crippen LogP contribution in [-0.2, 0) is 48.3 Å². The summed E-state index contributed by atoms with van der Waals surface area (Å²) in [7, 11) is -5.04. The molecule has 13 nitrogen and oxygen atoms in total. The number of aryl methyl sites for hydroxylation is 1. The van der Waals surface area contributed by atoms with Crippen LogP contribution in [0.4, 0.5) is 10.1 Å². The molecule has 1 aliphatic carbocycles. The van der Waals surface area contributed by atoms with E-state index in [2.05, 4.69) is 70.3 Å². The lowest BCUT2D eigenvalue weighted by molar-refractivity contribution is -0.121. The van der Waals surface area contributed by atoms with Gasteiger partial charge in [0.1, 0.15) is 40.7 Å². The highest BCUT2D eigenvalue weighted by Crippen LogP contribution is 2.46. The van der Waals surface area contributed by atoms with E-state index in [4.69, 9.17) is 9.15 Å². The smallest absolute Gasteiger partial charge is 0.295 e. The fraction of sp³-hybridized carbons (Fsp3) is 0.418. The first kappa shape index (κ1) is 53.3. The third kappa shape index (κ3) is 12.4. The monoisotopic (exact) mass is 1010 g/mol. The summed E-state index contributed by atoms with van der Waals surface area (Å²) in [6, 6.07) is 28.3. The summed E-state index contributed by atoms with van der Waals surface area (Å²) in [5.74, 6) is 0.153. The molecule has 0 radical (unpaired) electrons. The van der Waals surface area contributed by atoms with Crippen LogP contribution in [0, 0.1) is 5.82 Å². The molecule has 3 N–H and O–H groups in total. The van der Waals surface area contributed by atoms with E-state index in [9.17, 15) is 30.6 Å². The minimum atomic E-state index is -4.94. The number of nitrogens with one attached hydrogen (secondary N) is 2. The van der Waals surface area contributed by atoms with E-state index >= 15 is 0 Å². The zero-order chi connectivity index (χ0) is 50.9. The molecule has 0 aromatic heterocycles. The second kappa shape index (κ2) is 23.4. The van der Waals surface area contributed by atoms with Gasteiger partial charge in [0.15, 0.2) is 0 Å². The van der Waals surface area contributed by atoms with Crippen molar-refractivity contribution < 1.29 is 39.7 Å². The van der Waals surface area contributed by atoms with Crippen LogP contribution >= 0.6 is 0 Å². The van der Waals surface area contributed by atoms with Gasteiger partial charge < -0.3 is 24.3 Å². The molecule has 4 aromatic rings. The van der Waals surface area contributed by atoms with Crippen LogP contribution < -0.4 is 24.9 Å². The maximum Gasteiger partial charge on any atom is 0.295 e. The van der Waals surface area contributed by atoms with Gasteiger partial charge >= 0.3 is 0 Å². The van der Waals surface area contributed by atoms with Crippen LogP contribution in [0.3, 0.4) is 0 Å². The van der Waals surface area contributed by atoms with Crippen molar-refractivity contribution in [2.75, 3.05) is 64.8 Å². The SMILES string of the molecule is CCN(CC)c1ccc2c(-c3ccc(S(=O)(=O)NCCCCCC(=O)NCCCc4ccc5c(c4)CO[C@@]5(CCCN(C)C)c4ccc(F)cc4)cc3S(=O)(=O)O)c3ccc(=[N+](CC)CC)cc-3oc2c1. The number of hydrogen-bond donors (Lipinski definition) is 3. The highest BCUT2D eigenvalue weighted by molar-refractivity contribution is 7.89. The number of benzene rings is 5. The zero-order valence-corrected chi connectivity index (χ0v) is 43.5. The van der Waals surface area contributed by atoms with Crippen molar-refractivity contribution in [2.24, 2.45) is 0 Å². The summed E-state index contributed by atoms with van der Waals surface area (Å²) in [5, 5.41) is 4.53. The molecular formula is C55H69FN5O8S2+. The maximum absolute atomic E-state index is 13.9. The van der Waals surface area contributed by atoms with Gasteiger partial charge in [0.05, 0.1) is 17.6 Å². The average molecular weight is 1010 g/mol. The standard InChI is InChI=1S/C55H68FN5O8S2/c1-7-60(8-2)43-23-26-46-50(35-43)69-51-36-44(61(9-3)10-4)24-27-47(51)54(46)48-28-25-45(37-52(48)71(65,66)67)70(63,64)58-32-13-11-12-17-53(62)57-31-14-16-39-18-29-49-40(34-39)38-68-55(49,30-15-33-59(5)6)41-19-21-42(56)22-20-41/h18-29,34-37,58H,7-17,30-33,38H2,1-6H3,(H-,57,62,65,66,67)/p+1/t55-/m0/s1. The summed E-state index contributed by atoms with van der Waals surface area (Å²) in [6.45, 7) is 13.3. The first-order valence-corrected chi connectivity index (χ1v) is 27.8. The highest BCUT2D eigenvalue weighted by atomic mass is 32.2. The van der Waals surface area contributed by atoms with Gasteiger partial charge in [0.2, 0.25) is 21.3 Å². The Morgan fingerprint density at radius 2 is 1.55 bits per heavy atom. The van der Waals surface area contributed by atoms with Gasteiger partial charge in [-0.1, -0.05) is 42.8 Å². The van der Waals surface area contributed by atoms with Gasteiger partial charge in [0.25, 0.3) is 10.1 Å². The Morgan fingerprint density at radius 3 is 2.25 bits per heavy atom. The lowest BCUT2D eigenvalue weighted by Crippen LogP contribution is -2.29. The Morgan fingerprint density at radius 1 is 0.803 bits per heavy atom. The predicted molar refractivity (Wildman–Crippen MR) is 279 cm³/mol. The Hall–Kier alpha value is -5.49. The van der Waals surface area contributed by atoms with Crippen molar-refractivity contribution in [1.82, 2.24) is 19.5 Å². The third-order valence-electron chi connectivity index (χ3n) is 13.6. The van der Waals surface area contributed by atoms with Gasteiger partial charge in [-0.25, -0.2) is 22.1 Å². The van der Waals surface area contributed by atoms with Crippen molar-refractivity contribution in [3.8, 4) is 22.5 Å². The van der Waals surface area contributed by atoms with Crippen molar-refractivity contribution >= 4 is 42.7 Å². The number of anilines is 1. The van der Waals surface area contributed by atoms with Gasteiger partial charge in [-0.3, -0.25) is 9.35 Å². The molecule has 380 valence electrons. The molecular weight excluding hydrogens is 942 g/mol. The number of carbonyl (C=O) groups excluding carboxylic acids is 1. The Balaban J connectivity index is 0.947. The summed E-state index contributed by atoms with van der Waals surface area (Å²) in [5.41, 5.74) is 6.37. The number of nitrogens with zero attached hydrogens (tertiary/aromatic N) is 3. The van der Waals surface area contributed by atoms with Crippen molar-refractivity contribution in [3.05, 3.63) is 130 Å². The van der Waals surface area contributed by atoms with E-state index in [1.54, 1.807) is 0 Å². The summed E-state index contributed by atoms with van der Waals surface area (Å²) >= 11 is 0. The largest absolute Gasteiger partial charge is 0.456 e. The minimum absolute atomic E-state index is 0.0685. The highest BCUT2D eigenvalue weighted by Gasteiger charge is 2.41. The molecule has 3 aliphatic rings. The number of ether oxygens (including phenoxy) is 1. The molecule has 1 atom stereocenters. The maximum atomic E-state index is 13.9. The molecule has 0 saturated heterocycles. The minimum Gasteiger partial charge on any atom is -0.456 e. The van der Waals surface area contributed by atoms with Crippen molar-refractivity contribution in [1.29, 1.82) is 0 Å². The summed E-state index contributed by atoms with van der Waals surface area (Å²) in [6.07, 6.45) is 5.12. The summed E-state index contributed by atoms with van der Waals surface area (Å²) < 4.78 is 95.9. The van der Waals surface area contributed by atoms with Crippen LogP contribution in [0.5, 0.6) is 0 Å². The molecule has 0 bridgehead atoms. The van der Waals surface area contributed by atoms with E-state index < -0.39 is 30.6 Å². The lowest BCUT2D eigenvalue weighted by atomic mass is 9.81. The Labute approximate surface area is 418 Å². The molecule has 4 aromatic carbocycles. The van der Waals surface area contributed by atoms with E-state index in [0.717, 1.165) is 97.8 Å². The number of unbranched alkanes of at least 4 members (excludes halogenated alkanes) is 2. The third-order valence-corrected chi connectivity index (χ3v) is 16.0. The average Bonchev–Trinajstić information content (AvgIpc) is 3.71. The number of hydrogen-bond acceptors (Lipinski definition) is 9. The van der Waals surface area contributed by atoms with Crippen molar-refractivity contribution in [2.45, 2.75) is 101 Å². The fourth-order valence-corrected chi connectivity index (χ4v) is 11.8. The number of sulfonamides is 1. The number of fused-ring (bicyclic) bond motifs is 3. The predicted octanol–water partition coefficient (Wildman–Crippen LogP) is 8.95. The van der Waals surface area contributed by atoms with E-state index in [-0.39, 0.29) is 28.7 Å². The van der Waals surface area contributed by atoms with Crippen LogP contribution in [0.1, 0.15) is 94.9 Å². The van der Waals surface area contributed by atoms with Crippen LogP contribution in [0.2, 0.25) is 0 Å². The molecule has 0 fully saturated rings. The quantitative estimate of drug-likeness (QED) is 0.0231. The molecule has 16 heteroatoms. The molecule has 71 heavy (non-hydrogen) atoms. The lowest BCUT2D eigenvalue weighted by Gasteiger charge is -2.31. The summed E-state index contributed by atoms with van der Waals surface area (Å²) in [4.78, 5) is 16.2. The first-order valence-electron chi connectivity index (χ1n) is 24.9. The van der Waals surface area contributed by atoms with Gasteiger partial charge in [-0.15, -0.1) is 0 Å². The zero-order valence-electron chi connectivity index (χ0n) is 41.9. The Kier molecular flexibility index (Phi) is 17.6. The number of halogens is 1. The van der Waals surface area contributed by atoms with E-state index in [1.165, 1.54) is 24.3 Å². The van der Waals surface area contributed by atoms with E-state index in [1.807, 2.05) is 62.6 Å². The van der Waals surface area contributed by atoms with Crippen LogP contribution in [-0.4, -0.2) is 92.1 Å². The molecule has 7 rings (SSSR count). The Bertz CT molecular complexity index is 3090. The topological polar surface area (TPSA) is 162 Å². The molecule has 0 saturated carbocycles. The molecule has 0 spiro atoms. The van der Waals surface area contributed by atoms with E-state index in [0.29, 0.717) is 66.7 Å². The molecule has 2 heterocycles. The van der Waals surface area contributed by atoms with Crippen LogP contribution in [0.25, 0.3) is 33.4 Å². The molecule has 2 aliphatic heterocycles. The van der Waals surface area contributed by atoms with Gasteiger partial charge in [-0.05, 0) is 152 Å². The van der Waals surface area contributed by atoms with Gasteiger partial charge in [-0.2, -0.15) is 8.42 Å². The molecule has 0 unspecified atom stereocenters. The number of amides is 1.